The van der Waals surface area contributed by atoms with Gasteiger partial charge in [0.1, 0.15) is 5.82 Å². The summed E-state index contributed by atoms with van der Waals surface area (Å²) in [5, 5.41) is 7.38. The maximum absolute atomic E-state index is 11.9. The lowest BCUT2D eigenvalue weighted by atomic mass is 10.1. The van der Waals surface area contributed by atoms with Crippen LogP contribution in [0.4, 0.5) is 5.82 Å². The molecule has 2 aromatic rings. The van der Waals surface area contributed by atoms with Crippen molar-refractivity contribution in [2.75, 3.05) is 5.32 Å². The van der Waals surface area contributed by atoms with Crippen LogP contribution in [0.3, 0.4) is 0 Å². The highest BCUT2D eigenvalue weighted by molar-refractivity contribution is 9.10. The van der Waals surface area contributed by atoms with E-state index in [4.69, 9.17) is 0 Å². The lowest BCUT2D eigenvalue weighted by Gasteiger charge is -2.09. The molecular weight excluding hydrogens is 318 g/mol. The van der Waals surface area contributed by atoms with Crippen LogP contribution in [0.2, 0.25) is 0 Å². The van der Waals surface area contributed by atoms with Crippen LogP contribution < -0.4 is 5.32 Å². The Morgan fingerprint density at radius 2 is 2.00 bits per heavy atom. The number of halogens is 1. The molecule has 0 radical (unpaired) electrons. The van der Waals surface area contributed by atoms with Gasteiger partial charge < -0.3 is 5.32 Å². The molecular formula is C15H18BrN3O. The zero-order valence-corrected chi connectivity index (χ0v) is 13.5. The summed E-state index contributed by atoms with van der Waals surface area (Å²) in [6.07, 6.45) is 1.35. The number of amides is 1. The molecule has 0 aliphatic rings. The summed E-state index contributed by atoms with van der Waals surface area (Å²) >= 11 is 3.43. The molecule has 2 rings (SSSR count). The van der Waals surface area contributed by atoms with Gasteiger partial charge in [0.2, 0.25) is 5.91 Å². The van der Waals surface area contributed by atoms with E-state index in [-0.39, 0.29) is 5.91 Å². The maximum atomic E-state index is 11.9. The van der Waals surface area contributed by atoms with E-state index >= 15 is 0 Å². The predicted molar refractivity (Wildman–Crippen MR) is 84.6 cm³/mol. The molecule has 1 amide bonds. The first-order chi connectivity index (χ1) is 9.52. The van der Waals surface area contributed by atoms with Gasteiger partial charge in [-0.15, -0.1) is 0 Å². The van der Waals surface area contributed by atoms with E-state index in [9.17, 15) is 4.79 Å². The van der Waals surface area contributed by atoms with Gasteiger partial charge in [-0.1, -0.05) is 35.0 Å². The van der Waals surface area contributed by atoms with Crippen LogP contribution in [0.1, 0.15) is 25.5 Å². The van der Waals surface area contributed by atoms with Gasteiger partial charge in [-0.2, -0.15) is 5.10 Å². The lowest BCUT2D eigenvalue weighted by molar-refractivity contribution is -0.116. The first kappa shape index (κ1) is 14.8. The molecule has 1 aromatic heterocycles. The second kappa shape index (κ2) is 6.22. The van der Waals surface area contributed by atoms with Gasteiger partial charge in [0.05, 0.1) is 5.69 Å². The fraction of sp³-hybridized carbons (Fsp3) is 0.333. The van der Waals surface area contributed by atoms with Gasteiger partial charge in [0.15, 0.2) is 0 Å². The number of hydrogen-bond acceptors (Lipinski definition) is 2. The maximum Gasteiger partial charge on any atom is 0.225 e. The monoisotopic (exact) mass is 335 g/mol. The highest BCUT2D eigenvalue weighted by Crippen LogP contribution is 2.31. The van der Waals surface area contributed by atoms with Crippen molar-refractivity contribution in [1.82, 2.24) is 9.78 Å². The van der Waals surface area contributed by atoms with E-state index < -0.39 is 0 Å². The third-order valence-electron chi connectivity index (χ3n) is 3.09. The smallest absolute Gasteiger partial charge is 0.225 e. The van der Waals surface area contributed by atoms with Crippen molar-refractivity contribution < 1.29 is 4.79 Å². The molecule has 106 valence electrons. The molecule has 5 heteroatoms. The highest BCUT2D eigenvalue weighted by Gasteiger charge is 2.16. The Balaban J connectivity index is 2.42. The molecule has 0 saturated carbocycles. The van der Waals surface area contributed by atoms with Gasteiger partial charge in [-0.25, -0.2) is 0 Å². The minimum atomic E-state index is 0.0221. The van der Waals surface area contributed by atoms with Crippen molar-refractivity contribution in [1.29, 1.82) is 0 Å². The summed E-state index contributed by atoms with van der Waals surface area (Å²) in [4.78, 5) is 11.9. The second-order valence-corrected chi connectivity index (χ2v) is 5.65. The first-order valence-electron chi connectivity index (χ1n) is 6.62. The van der Waals surface area contributed by atoms with Crippen molar-refractivity contribution in [2.45, 2.75) is 26.7 Å². The Bertz CT molecular complexity index is 617. The standard InChI is InChI=1S/C15H18BrN3O/c1-4-5-13(20)17-15-14(10(2)18-19(15)3)11-6-8-12(16)9-7-11/h6-9H,4-5H2,1-3H3,(H,17,20). The van der Waals surface area contributed by atoms with Crippen molar-refractivity contribution in [3.05, 3.63) is 34.4 Å². The number of nitrogens with zero attached hydrogens (tertiary/aromatic N) is 2. The van der Waals surface area contributed by atoms with Crippen LogP contribution in [0, 0.1) is 6.92 Å². The molecule has 1 aromatic carbocycles. The van der Waals surface area contributed by atoms with Crippen molar-refractivity contribution in [3.63, 3.8) is 0 Å². The molecule has 0 saturated heterocycles. The average Bonchev–Trinajstić information content (AvgIpc) is 2.66. The number of nitrogens with one attached hydrogen (secondary N) is 1. The Kier molecular flexibility index (Phi) is 4.60. The van der Waals surface area contributed by atoms with E-state index in [0.29, 0.717) is 6.42 Å². The Hall–Kier alpha value is -1.62. The van der Waals surface area contributed by atoms with E-state index in [2.05, 4.69) is 26.3 Å². The number of carbonyl (C=O) groups is 1. The zero-order chi connectivity index (χ0) is 14.7. The summed E-state index contributed by atoms with van der Waals surface area (Å²) in [7, 11) is 1.84. The molecule has 20 heavy (non-hydrogen) atoms. The Morgan fingerprint density at radius 1 is 1.35 bits per heavy atom. The van der Waals surface area contributed by atoms with Crippen LogP contribution in [0.5, 0.6) is 0 Å². The van der Waals surface area contributed by atoms with E-state index in [1.54, 1.807) is 4.68 Å². The van der Waals surface area contributed by atoms with Crippen molar-refractivity contribution in [2.24, 2.45) is 7.05 Å². The molecule has 1 N–H and O–H groups in total. The molecule has 1 heterocycles. The number of hydrogen-bond donors (Lipinski definition) is 1. The lowest BCUT2D eigenvalue weighted by Crippen LogP contribution is -2.14. The van der Waals surface area contributed by atoms with Gasteiger partial charge in [-0.05, 0) is 31.0 Å². The number of benzene rings is 1. The van der Waals surface area contributed by atoms with E-state index in [0.717, 1.165) is 33.5 Å². The number of aryl methyl sites for hydroxylation is 2. The van der Waals surface area contributed by atoms with E-state index in [1.165, 1.54) is 0 Å². The molecule has 0 atom stereocenters. The fourth-order valence-corrected chi connectivity index (χ4v) is 2.45. The van der Waals surface area contributed by atoms with Gasteiger partial charge >= 0.3 is 0 Å². The summed E-state index contributed by atoms with van der Waals surface area (Å²) in [6, 6.07) is 8.01. The van der Waals surface area contributed by atoms with Crippen LogP contribution >= 0.6 is 15.9 Å². The summed E-state index contributed by atoms with van der Waals surface area (Å²) in [6.45, 7) is 3.94. The molecule has 0 bridgehead atoms. The summed E-state index contributed by atoms with van der Waals surface area (Å²) < 4.78 is 2.75. The SMILES string of the molecule is CCCC(=O)Nc1c(-c2ccc(Br)cc2)c(C)nn1C. The second-order valence-electron chi connectivity index (χ2n) is 4.74. The van der Waals surface area contributed by atoms with Crippen LogP contribution in [-0.4, -0.2) is 15.7 Å². The summed E-state index contributed by atoms with van der Waals surface area (Å²) in [5.74, 6) is 0.775. The largest absolute Gasteiger partial charge is 0.310 e. The number of rotatable bonds is 4. The van der Waals surface area contributed by atoms with Crippen LogP contribution in [-0.2, 0) is 11.8 Å². The van der Waals surface area contributed by atoms with Gasteiger partial charge in [-0.3, -0.25) is 9.48 Å². The predicted octanol–water partition coefficient (Wildman–Crippen LogP) is 3.90. The van der Waals surface area contributed by atoms with E-state index in [1.807, 2.05) is 45.2 Å². The molecule has 0 fully saturated rings. The molecule has 0 unspecified atom stereocenters. The topological polar surface area (TPSA) is 46.9 Å². The quantitative estimate of drug-likeness (QED) is 0.921. The third-order valence-corrected chi connectivity index (χ3v) is 3.62. The van der Waals surface area contributed by atoms with Gasteiger partial charge in [0, 0.05) is 23.5 Å². The number of carbonyl (C=O) groups excluding carboxylic acids is 1. The molecule has 0 spiro atoms. The number of aromatic nitrogens is 2. The minimum Gasteiger partial charge on any atom is -0.310 e. The molecule has 4 nitrogen and oxygen atoms in total. The van der Waals surface area contributed by atoms with Gasteiger partial charge in [0.25, 0.3) is 0 Å². The third kappa shape index (κ3) is 3.10. The minimum absolute atomic E-state index is 0.0221. The van der Waals surface area contributed by atoms with Crippen LogP contribution in [0.25, 0.3) is 11.1 Å². The average molecular weight is 336 g/mol. The molecule has 0 aliphatic heterocycles. The first-order valence-corrected chi connectivity index (χ1v) is 7.41. The van der Waals surface area contributed by atoms with Crippen LogP contribution in [0.15, 0.2) is 28.7 Å². The zero-order valence-electron chi connectivity index (χ0n) is 11.9. The highest BCUT2D eigenvalue weighted by atomic mass is 79.9. The normalized spacial score (nSPS) is 10.6. The molecule has 0 aliphatic carbocycles. The Labute approximate surface area is 127 Å². The fourth-order valence-electron chi connectivity index (χ4n) is 2.19. The van der Waals surface area contributed by atoms with Crippen molar-refractivity contribution in [3.8, 4) is 11.1 Å². The van der Waals surface area contributed by atoms with Crippen molar-refractivity contribution >= 4 is 27.7 Å². The summed E-state index contributed by atoms with van der Waals surface area (Å²) in [5.41, 5.74) is 2.93. The Morgan fingerprint density at radius 3 is 2.60 bits per heavy atom. The number of anilines is 1.